The molecule has 0 aliphatic carbocycles. The summed E-state index contributed by atoms with van der Waals surface area (Å²) in [6.45, 7) is 0.708. The van der Waals surface area contributed by atoms with Crippen molar-refractivity contribution >= 4 is 46.9 Å². The lowest BCUT2D eigenvalue weighted by Gasteiger charge is -2.26. The van der Waals surface area contributed by atoms with Gasteiger partial charge in [0, 0.05) is 29.1 Å². The summed E-state index contributed by atoms with van der Waals surface area (Å²) in [5.41, 5.74) is 1.97. The first-order valence-corrected chi connectivity index (χ1v) is 11.8. The highest BCUT2D eigenvalue weighted by Gasteiger charge is 2.30. The Morgan fingerprint density at radius 3 is 2.46 bits per heavy atom. The number of carbonyl (C=O) groups is 2. The van der Waals surface area contributed by atoms with E-state index in [1.165, 1.54) is 6.07 Å². The highest BCUT2D eigenvalue weighted by molar-refractivity contribution is 6.38. The molecule has 7 nitrogen and oxygen atoms in total. The van der Waals surface area contributed by atoms with E-state index in [2.05, 4.69) is 5.32 Å². The zero-order valence-electron chi connectivity index (χ0n) is 18.2. The van der Waals surface area contributed by atoms with Crippen LogP contribution in [0.1, 0.15) is 34.0 Å². The third-order valence-electron chi connectivity index (χ3n) is 5.33. The standard InChI is InChI=1S/C25H20Cl3NO6/c26-16-5-1-14(2-6-16)9-11-29-24(30)15-3-7-17(8-4-15)34-23-19(27)13-18-20(35-25(31)32)10-12-33-22(18)21(23)28/h1-8,13,20H,9-12H2,(H,29,30)(H,31,32). The summed E-state index contributed by atoms with van der Waals surface area (Å²) >= 11 is 18.7. The Kier molecular flexibility index (Phi) is 7.90. The predicted molar refractivity (Wildman–Crippen MR) is 132 cm³/mol. The van der Waals surface area contributed by atoms with Gasteiger partial charge in [0.25, 0.3) is 5.91 Å². The summed E-state index contributed by atoms with van der Waals surface area (Å²) in [5, 5.41) is 12.8. The van der Waals surface area contributed by atoms with Crippen molar-refractivity contribution in [2.45, 2.75) is 18.9 Å². The van der Waals surface area contributed by atoms with Crippen LogP contribution in [-0.2, 0) is 11.2 Å². The molecule has 1 amide bonds. The summed E-state index contributed by atoms with van der Waals surface area (Å²) in [4.78, 5) is 23.4. The molecule has 0 radical (unpaired) electrons. The maximum atomic E-state index is 12.4. The molecule has 0 aromatic heterocycles. The SMILES string of the molecule is O=C(O)OC1CCOc2c1cc(Cl)c(Oc1ccc(C(=O)NCCc3ccc(Cl)cc3)cc1)c2Cl. The molecule has 0 spiro atoms. The molecular weight excluding hydrogens is 517 g/mol. The molecule has 0 fully saturated rings. The van der Waals surface area contributed by atoms with Crippen LogP contribution in [-0.4, -0.2) is 30.3 Å². The van der Waals surface area contributed by atoms with Crippen LogP contribution in [0.25, 0.3) is 0 Å². The van der Waals surface area contributed by atoms with Gasteiger partial charge < -0.3 is 24.6 Å². The molecule has 0 saturated carbocycles. The fourth-order valence-corrected chi connectivity index (χ4v) is 4.34. The molecule has 3 aromatic carbocycles. The summed E-state index contributed by atoms with van der Waals surface area (Å²) in [6.07, 6.45) is -1.11. The Morgan fingerprint density at radius 1 is 1.06 bits per heavy atom. The molecule has 1 aliphatic rings. The molecular formula is C25H20Cl3NO6. The second-order valence-corrected chi connectivity index (χ2v) is 8.91. The molecule has 2 N–H and O–H groups in total. The Balaban J connectivity index is 1.41. The van der Waals surface area contributed by atoms with Crippen LogP contribution in [0.4, 0.5) is 4.79 Å². The Morgan fingerprint density at radius 2 is 1.77 bits per heavy atom. The third-order valence-corrected chi connectivity index (χ3v) is 6.20. The van der Waals surface area contributed by atoms with Crippen molar-refractivity contribution in [2.24, 2.45) is 0 Å². The van der Waals surface area contributed by atoms with E-state index in [0.29, 0.717) is 41.3 Å². The highest BCUT2D eigenvalue weighted by atomic mass is 35.5. The van der Waals surface area contributed by atoms with Gasteiger partial charge in [0.1, 0.15) is 22.6 Å². The molecule has 3 aromatic rings. The van der Waals surface area contributed by atoms with Gasteiger partial charge in [0.2, 0.25) is 0 Å². The van der Waals surface area contributed by atoms with Crippen LogP contribution in [0.2, 0.25) is 15.1 Å². The van der Waals surface area contributed by atoms with Crippen LogP contribution in [0.5, 0.6) is 17.2 Å². The molecule has 1 unspecified atom stereocenters. The molecule has 4 rings (SSSR count). The maximum Gasteiger partial charge on any atom is 0.506 e. The summed E-state index contributed by atoms with van der Waals surface area (Å²) in [6, 6.07) is 15.5. The Bertz CT molecular complexity index is 1230. The number of fused-ring (bicyclic) bond motifs is 1. The van der Waals surface area contributed by atoms with E-state index >= 15 is 0 Å². The van der Waals surface area contributed by atoms with Crippen molar-refractivity contribution in [2.75, 3.05) is 13.2 Å². The molecule has 0 bridgehead atoms. The second kappa shape index (κ2) is 11.1. The minimum Gasteiger partial charge on any atom is -0.491 e. The quantitative estimate of drug-likeness (QED) is 0.318. The molecule has 0 saturated heterocycles. The van der Waals surface area contributed by atoms with Crippen molar-refractivity contribution in [1.29, 1.82) is 0 Å². The number of ether oxygens (including phenoxy) is 3. The lowest BCUT2D eigenvalue weighted by atomic mass is 10.0. The topological polar surface area (TPSA) is 94.1 Å². The summed E-state index contributed by atoms with van der Waals surface area (Å²) in [7, 11) is 0. The van der Waals surface area contributed by atoms with Crippen LogP contribution >= 0.6 is 34.8 Å². The maximum absolute atomic E-state index is 12.4. The largest absolute Gasteiger partial charge is 0.506 e. The molecule has 182 valence electrons. The summed E-state index contributed by atoms with van der Waals surface area (Å²) < 4.78 is 16.4. The third kappa shape index (κ3) is 6.11. The second-order valence-electron chi connectivity index (χ2n) is 7.69. The first-order valence-electron chi connectivity index (χ1n) is 10.7. The van der Waals surface area contributed by atoms with Gasteiger partial charge in [0.15, 0.2) is 5.75 Å². The van der Waals surface area contributed by atoms with Crippen LogP contribution < -0.4 is 14.8 Å². The number of hydrogen-bond acceptors (Lipinski definition) is 5. The van der Waals surface area contributed by atoms with Gasteiger partial charge >= 0.3 is 6.16 Å². The van der Waals surface area contributed by atoms with Crippen molar-refractivity contribution in [3.05, 3.63) is 86.4 Å². The van der Waals surface area contributed by atoms with Crippen molar-refractivity contribution < 1.29 is 28.9 Å². The van der Waals surface area contributed by atoms with E-state index in [1.807, 2.05) is 24.3 Å². The number of hydrogen-bond donors (Lipinski definition) is 2. The van der Waals surface area contributed by atoms with Crippen molar-refractivity contribution in [3.63, 3.8) is 0 Å². The lowest BCUT2D eigenvalue weighted by molar-refractivity contribution is 0.0326. The van der Waals surface area contributed by atoms with Crippen molar-refractivity contribution in [3.8, 4) is 17.2 Å². The predicted octanol–water partition coefficient (Wildman–Crippen LogP) is 6.93. The van der Waals surface area contributed by atoms with Gasteiger partial charge in [-0.3, -0.25) is 4.79 Å². The molecule has 35 heavy (non-hydrogen) atoms. The zero-order valence-corrected chi connectivity index (χ0v) is 20.5. The van der Waals surface area contributed by atoms with E-state index in [-0.39, 0.29) is 34.1 Å². The van der Waals surface area contributed by atoms with Crippen LogP contribution in [0, 0.1) is 0 Å². The number of carbonyl (C=O) groups excluding carboxylic acids is 1. The smallest absolute Gasteiger partial charge is 0.491 e. The average Bonchev–Trinajstić information content (AvgIpc) is 2.83. The number of halogens is 3. The lowest BCUT2D eigenvalue weighted by Crippen LogP contribution is -2.25. The minimum absolute atomic E-state index is 0.107. The van der Waals surface area contributed by atoms with E-state index in [4.69, 9.17) is 54.1 Å². The number of amides is 1. The molecule has 10 heteroatoms. The van der Waals surface area contributed by atoms with E-state index in [1.54, 1.807) is 24.3 Å². The number of benzene rings is 3. The molecule has 1 atom stereocenters. The fraction of sp³-hybridized carbons (Fsp3) is 0.200. The average molecular weight is 537 g/mol. The number of nitrogens with one attached hydrogen (secondary N) is 1. The Labute approximate surface area is 216 Å². The highest BCUT2D eigenvalue weighted by Crippen LogP contribution is 2.49. The van der Waals surface area contributed by atoms with Gasteiger partial charge in [-0.1, -0.05) is 46.9 Å². The van der Waals surface area contributed by atoms with Gasteiger partial charge in [0.05, 0.1) is 11.6 Å². The first kappa shape index (κ1) is 25.0. The minimum atomic E-state index is -1.40. The normalized spacial score (nSPS) is 14.4. The summed E-state index contributed by atoms with van der Waals surface area (Å²) in [5.74, 6) is 0.609. The van der Waals surface area contributed by atoms with Crippen LogP contribution in [0.15, 0.2) is 54.6 Å². The fourth-order valence-electron chi connectivity index (χ4n) is 3.62. The number of rotatable bonds is 7. The van der Waals surface area contributed by atoms with Crippen molar-refractivity contribution in [1.82, 2.24) is 5.32 Å². The van der Waals surface area contributed by atoms with Gasteiger partial charge in [-0.05, 0) is 54.4 Å². The molecule has 1 heterocycles. The van der Waals surface area contributed by atoms with E-state index in [9.17, 15) is 9.59 Å². The van der Waals surface area contributed by atoms with Crippen LogP contribution in [0.3, 0.4) is 0 Å². The van der Waals surface area contributed by atoms with E-state index in [0.717, 1.165) is 5.56 Å². The van der Waals surface area contributed by atoms with E-state index < -0.39 is 12.3 Å². The zero-order chi connectivity index (χ0) is 24.9. The first-order chi connectivity index (χ1) is 16.8. The monoisotopic (exact) mass is 535 g/mol. The van der Waals surface area contributed by atoms with Gasteiger partial charge in [-0.2, -0.15) is 0 Å². The number of carboxylic acid groups (broad SMARTS) is 1. The molecule has 1 aliphatic heterocycles. The Hall–Kier alpha value is -3.13. The van der Waals surface area contributed by atoms with Gasteiger partial charge in [-0.15, -0.1) is 0 Å². The van der Waals surface area contributed by atoms with Gasteiger partial charge in [-0.25, -0.2) is 4.79 Å².